The molecular formula is C17H23NO5. The highest BCUT2D eigenvalue weighted by molar-refractivity contribution is 6.02. The van der Waals surface area contributed by atoms with Gasteiger partial charge in [-0.1, -0.05) is 0 Å². The van der Waals surface area contributed by atoms with Gasteiger partial charge in [-0.05, 0) is 38.0 Å². The smallest absolute Gasteiger partial charge is 0.307 e. The number of hydrogen-bond donors (Lipinski definition) is 1. The predicted octanol–water partition coefficient (Wildman–Crippen LogP) is 1.96. The summed E-state index contributed by atoms with van der Waals surface area (Å²) in [5, 5.41) is 3.22. The standard InChI is InChI=1S/C17H23NO5/c1-4-23-16(19)10-13(18-12-6-7-12)17(20)11-5-8-14(21-2)15(9-11)22-3/h5,8-9,12-13,18H,4,6-7,10H2,1-3H3. The molecule has 1 aromatic carbocycles. The number of esters is 1. The van der Waals surface area contributed by atoms with Crippen LogP contribution in [0, 0.1) is 0 Å². The normalized spacial score (nSPS) is 14.9. The minimum Gasteiger partial charge on any atom is -0.493 e. The number of Topliss-reactive ketones (excluding diaryl/α,β-unsaturated/α-hetero) is 1. The molecule has 6 nitrogen and oxygen atoms in total. The molecule has 0 aromatic heterocycles. The lowest BCUT2D eigenvalue weighted by Gasteiger charge is -2.17. The van der Waals surface area contributed by atoms with Gasteiger partial charge in [0.2, 0.25) is 0 Å². The first-order valence-corrected chi connectivity index (χ1v) is 7.77. The Morgan fingerprint density at radius 2 is 1.91 bits per heavy atom. The van der Waals surface area contributed by atoms with E-state index in [2.05, 4.69) is 5.32 Å². The zero-order valence-electron chi connectivity index (χ0n) is 13.8. The number of rotatable bonds is 9. The molecule has 1 aromatic rings. The van der Waals surface area contributed by atoms with Gasteiger partial charge < -0.3 is 19.5 Å². The fraction of sp³-hybridized carbons (Fsp3) is 0.529. The lowest BCUT2D eigenvalue weighted by Crippen LogP contribution is -2.40. The number of hydrogen-bond acceptors (Lipinski definition) is 6. The van der Waals surface area contributed by atoms with Crippen LogP contribution in [-0.4, -0.2) is 44.7 Å². The highest BCUT2D eigenvalue weighted by Crippen LogP contribution is 2.29. The highest BCUT2D eigenvalue weighted by Gasteiger charge is 2.31. The van der Waals surface area contributed by atoms with Crippen molar-refractivity contribution in [2.45, 2.75) is 38.3 Å². The Morgan fingerprint density at radius 1 is 1.22 bits per heavy atom. The van der Waals surface area contributed by atoms with Crippen molar-refractivity contribution in [2.24, 2.45) is 0 Å². The first-order chi connectivity index (χ1) is 11.1. The van der Waals surface area contributed by atoms with E-state index in [-0.39, 0.29) is 18.2 Å². The van der Waals surface area contributed by atoms with Crippen LogP contribution < -0.4 is 14.8 Å². The lowest BCUT2D eigenvalue weighted by atomic mass is 10.0. The molecule has 0 saturated heterocycles. The predicted molar refractivity (Wildman–Crippen MR) is 85.1 cm³/mol. The number of benzene rings is 1. The van der Waals surface area contributed by atoms with Crippen LogP contribution in [-0.2, 0) is 9.53 Å². The number of ketones is 1. The molecule has 1 aliphatic carbocycles. The Balaban J connectivity index is 2.16. The molecule has 126 valence electrons. The average Bonchev–Trinajstić information content (AvgIpc) is 3.37. The highest BCUT2D eigenvalue weighted by atomic mass is 16.5. The molecular weight excluding hydrogens is 298 g/mol. The molecule has 1 saturated carbocycles. The fourth-order valence-electron chi connectivity index (χ4n) is 2.34. The molecule has 23 heavy (non-hydrogen) atoms. The third-order valence-corrected chi connectivity index (χ3v) is 3.67. The maximum atomic E-state index is 12.7. The summed E-state index contributed by atoms with van der Waals surface area (Å²) in [7, 11) is 3.06. The third kappa shape index (κ3) is 4.69. The van der Waals surface area contributed by atoms with Crippen LogP contribution in [0.3, 0.4) is 0 Å². The Bertz CT molecular complexity index is 568. The summed E-state index contributed by atoms with van der Waals surface area (Å²) in [6.45, 7) is 2.05. The van der Waals surface area contributed by atoms with E-state index in [1.807, 2.05) is 0 Å². The van der Waals surface area contributed by atoms with Gasteiger partial charge >= 0.3 is 5.97 Å². The van der Waals surface area contributed by atoms with Gasteiger partial charge in [-0.3, -0.25) is 9.59 Å². The number of carbonyl (C=O) groups is 2. The first-order valence-electron chi connectivity index (χ1n) is 7.77. The third-order valence-electron chi connectivity index (χ3n) is 3.67. The molecule has 0 radical (unpaired) electrons. The van der Waals surface area contributed by atoms with Crippen molar-refractivity contribution in [3.8, 4) is 11.5 Å². The maximum Gasteiger partial charge on any atom is 0.307 e. The van der Waals surface area contributed by atoms with E-state index in [4.69, 9.17) is 14.2 Å². The van der Waals surface area contributed by atoms with Crippen molar-refractivity contribution < 1.29 is 23.8 Å². The fourth-order valence-corrected chi connectivity index (χ4v) is 2.34. The summed E-state index contributed by atoms with van der Waals surface area (Å²) < 4.78 is 15.4. The summed E-state index contributed by atoms with van der Waals surface area (Å²) in [5.74, 6) is 0.520. The molecule has 1 N–H and O–H groups in total. The number of methoxy groups -OCH3 is 2. The summed E-state index contributed by atoms with van der Waals surface area (Å²) in [5.41, 5.74) is 0.477. The minimum atomic E-state index is -0.584. The summed E-state index contributed by atoms with van der Waals surface area (Å²) in [6.07, 6.45) is 2.08. The summed E-state index contributed by atoms with van der Waals surface area (Å²) >= 11 is 0. The van der Waals surface area contributed by atoms with Crippen molar-refractivity contribution >= 4 is 11.8 Å². The van der Waals surface area contributed by atoms with E-state index in [1.165, 1.54) is 14.2 Å². The number of nitrogens with one attached hydrogen (secondary N) is 1. The van der Waals surface area contributed by atoms with Gasteiger partial charge in [-0.25, -0.2) is 0 Å². The lowest BCUT2D eigenvalue weighted by molar-refractivity contribution is -0.143. The molecule has 0 spiro atoms. The van der Waals surface area contributed by atoms with Crippen LogP contribution in [0.5, 0.6) is 11.5 Å². The van der Waals surface area contributed by atoms with E-state index in [0.29, 0.717) is 29.7 Å². The monoisotopic (exact) mass is 321 g/mol. The minimum absolute atomic E-state index is 0.0253. The van der Waals surface area contributed by atoms with Crippen LogP contribution in [0.2, 0.25) is 0 Å². The zero-order chi connectivity index (χ0) is 16.8. The molecule has 6 heteroatoms. The van der Waals surface area contributed by atoms with Gasteiger partial charge in [0, 0.05) is 11.6 Å². The van der Waals surface area contributed by atoms with Crippen molar-refractivity contribution in [2.75, 3.05) is 20.8 Å². The van der Waals surface area contributed by atoms with Crippen LogP contribution in [0.15, 0.2) is 18.2 Å². The molecule has 1 unspecified atom stereocenters. The average molecular weight is 321 g/mol. The second-order valence-electron chi connectivity index (χ2n) is 5.44. The second-order valence-corrected chi connectivity index (χ2v) is 5.44. The quantitative estimate of drug-likeness (QED) is 0.554. The van der Waals surface area contributed by atoms with Crippen LogP contribution >= 0.6 is 0 Å². The first kappa shape index (κ1) is 17.3. The van der Waals surface area contributed by atoms with E-state index >= 15 is 0 Å². The Kier molecular flexibility index (Phi) is 5.98. The van der Waals surface area contributed by atoms with E-state index in [1.54, 1.807) is 25.1 Å². The number of carbonyl (C=O) groups excluding carboxylic acids is 2. The van der Waals surface area contributed by atoms with Gasteiger partial charge in [-0.15, -0.1) is 0 Å². The van der Waals surface area contributed by atoms with Crippen LogP contribution in [0.25, 0.3) is 0 Å². The molecule has 1 fully saturated rings. The topological polar surface area (TPSA) is 73.9 Å². The van der Waals surface area contributed by atoms with Crippen molar-refractivity contribution in [3.63, 3.8) is 0 Å². The van der Waals surface area contributed by atoms with E-state index < -0.39 is 6.04 Å². The largest absolute Gasteiger partial charge is 0.493 e. The maximum absolute atomic E-state index is 12.7. The van der Waals surface area contributed by atoms with Crippen molar-refractivity contribution in [3.05, 3.63) is 23.8 Å². The van der Waals surface area contributed by atoms with E-state index in [0.717, 1.165) is 12.8 Å². The molecule has 0 aliphatic heterocycles. The molecule has 0 amide bonds. The summed E-state index contributed by atoms with van der Waals surface area (Å²) in [6, 6.07) is 4.72. The van der Waals surface area contributed by atoms with Crippen molar-refractivity contribution in [1.82, 2.24) is 5.32 Å². The second kappa shape index (κ2) is 7.97. The van der Waals surface area contributed by atoms with Gasteiger partial charge in [-0.2, -0.15) is 0 Å². The van der Waals surface area contributed by atoms with Gasteiger partial charge in [0.05, 0.1) is 33.3 Å². The van der Waals surface area contributed by atoms with E-state index in [9.17, 15) is 9.59 Å². The summed E-state index contributed by atoms with van der Waals surface area (Å²) in [4.78, 5) is 24.5. The van der Waals surface area contributed by atoms with Gasteiger partial charge in [0.15, 0.2) is 17.3 Å². The van der Waals surface area contributed by atoms with Gasteiger partial charge in [0.1, 0.15) is 0 Å². The molecule has 0 heterocycles. The SMILES string of the molecule is CCOC(=O)CC(NC1CC1)C(=O)c1ccc(OC)c(OC)c1. The Hall–Kier alpha value is -2.08. The van der Waals surface area contributed by atoms with Crippen molar-refractivity contribution in [1.29, 1.82) is 0 Å². The Labute approximate surface area is 136 Å². The molecule has 0 bridgehead atoms. The molecule has 1 aliphatic rings. The molecule has 2 rings (SSSR count). The van der Waals surface area contributed by atoms with Crippen LogP contribution in [0.1, 0.15) is 36.5 Å². The van der Waals surface area contributed by atoms with Gasteiger partial charge in [0.25, 0.3) is 0 Å². The zero-order valence-corrected chi connectivity index (χ0v) is 13.8. The molecule has 1 atom stereocenters. The Morgan fingerprint density at radius 3 is 2.48 bits per heavy atom. The van der Waals surface area contributed by atoms with Crippen LogP contribution in [0.4, 0.5) is 0 Å². The number of ether oxygens (including phenoxy) is 3.